The van der Waals surface area contributed by atoms with Crippen LogP contribution < -0.4 is 5.73 Å². The maximum absolute atomic E-state index is 10.7. The van der Waals surface area contributed by atoms with Gasteiger partial charge in [0, 0.05) is 6.07 Å². The van der Waals surface area contributed by atoms with Crippen molar-refractivity contribution in [2.24, 2.45) is 11.1 Å². The quantitative estimate of drug-likeness (QED) is 0.891. The first-order chi connectivity index (χ1) is 7.71. The molecule has 17 heavy (non-hydrogen) atoms. The van der Waals surface area contributed by atoms with Crippen molar-refractivity contribution in [2.75, 3.05) is 6.61 Å². The Hall–Kier alpha value is -0.560. The Bertz CT molecular complexity index is 412. The Balaban J connectivity index is 2.98. The fourth-order valence-electron chi connectivity index (χ4n) is 1.41. The maximum Gasteiger partial charge on any atom is 0.404 e. The SMILES string of the molecule is CC(C)(C)C(COC(N)=O)n1nc(Br)cc1Br. The van der Waals surface area contributed by atoms with Gasteiger partial charge in [-0.2, -0.15) is 5.10 Å². The summed E-state index contributed by atoms with van der Waals surface area (Å²) in [5, 5.41) is 4.31. The van der Waals surface area contributed by atoms with Crippen LogP contribution in [-0.2, 0) is 4.74 Å². The molecule has 0 fully saturated rings. The largest absolute Gasteiger partial charge is 0.447 e. The molecule has 1 rings (SSSR count). The zero-order valence-corrected chi connectivity index (χ0v) is 13.1. The molecule has 0 aliphatic heterocycles. The predicted octanol–water partition coefficient (Wildman–Crippen LogP) is 3.09. The summed E-state index contributed by atoms with van der Waals surface area (Å²) in [6.45, 7) is 6.32. The number of nitrogens with two attached hydrogens (primary N) is 1. The van der Waals surface area contributed by atoms with E-state index in [1.54, 1.807) is 4.68 Å². The van der Waals surface area contributed by atoms with E-state index in [9.17, 15) is 4.79 Å². The standard InChI is InChI=1S/C10H15Br2N3O2/c1-10(2,3)6(5-17-9(13)16)15-8(12)4-7(11)14-15/h4,6H,5H2,1-3H3,(H2,13,16). The lowest BCUT2D eigenvalue weighted by Crippen LogP contribution is -2.31. The molecular weight excluding hydrogens is 354 g/mol. The molecule has 0 saturated heterocycles. The smallest absolute Gasteiger partial charge is 0.404 e. The highest BCUT2D eigenvalue weighted by molar-refractivity contribution is 9.11. The Morgan fingerprint density at radius 3 is 2.53 bits per heavy atom. The third-order valence-electron chi connectivity index (χ3n) is 2.34. The van der Waals surface area contributed by atoms with Gasteiger partial charge in [-0.05, 0) is 37.3 Å². The van der Waals surface area contributed by atoms with Gasteiger partial charge in [0.05, 0.1) is 6.04 Å². The van der Waals surface area contributed by atoms with E-state index in [1.165, 1.54) is 0 Å². The van der Waals surface area contributed by atoms with Gasteiger partial charge in [0.1, 0.15) is 15.8 Å². The Kier molecular flexibility index (Phi) is 4.60. The van der Waals surface area contributed by atoms with Crippen LogP contribution in [0.3, 0.4) is 0 Å². The van der Waals surface area contributed by atoms with Gasteiger partial charge in [-0.15, -0.1) is 0 Å². The third kappa shape index (κ3) is 3.99. The van der Waals surface area contributed by atoms with Crippen LogP contribution in [0.2, 0.25) is 0 Å². The van der Waals surface area contributed by atoms with Crippen molar-refractivity contribution < 1.29 is 9.53 Å². The first kappa shape index (κ1) is 14.5. The monoisotopic (exact) mass is 367 g/mol. The van der Waals surface area contributed by atoms with Gasteiger partial charge in [-0.25, -0.2) is 4.79 Å². The molecule has 7 heteroatoms. The predicted molar refractivity (Wildman–Crippen MR) is 71.7 cm³/mol. The van der Waals surface area contributed by atoms with Crippen LogP contribution in [0.1, 0.15) is 26.8 Å². The lowest BCUT2D eigenvalue weighted by molar-refractivity contribution is 0.0930. The number of amides is 1. The van der Waals surface area contributed by atoms with E-state index in [1.807, 2.05) is 26.8 Å². The van der Waals surface area contributed by atoms with Crippen molar-refractivity contribution in [1.82, 2.24) is 9.78 Å². The Labute approximate surface area is 117 Å². The molecule has 2 N–H and O–H groups in total. The number of carbonyl (C=O) groups excluding carboxylic acids is 1. The van der Waals surface area contributed by atoms with E-state index in [0.717, 1.165) is 9.21 Å². The van der Waals surface area contributed by atoms with Gasteiger partial charge in [-0.1, -0.05) is 20.8 Å². The topological polar surface area (TPSA) is 70.1 Å². The Morgan fingerprint density at radius 1 is 1.59 bits per heavy atom. The summed E-state index contributed by atoms with van der Waals surface area (Å²) in [7, 11) is 0. The molecule has 0 aliphatic carbocycles. The summed E-state index contributed by atoms with van der Waals surface area (Å²) >= 11 is 6.72. The summed E-state index contributed by atoms with van der Waals surface area (Å²) < 4.78 is 8.20. The lowest BCUT2D eigenvalue weighted by Gasteiger charge is -2.30. The second-order valence-electron chi connectivity index (χ2n) is 4.75. The number of hydrogen-bond acceptors (Lipinski definition) is 3. The van der Waals surface area contributed by atoms with Gasteiger partial charge in [0.25, 0.3) is 0 Å². The van der Waals surface area contributed by atoms with E-state index in [-0.39, 0.29) is 18.1 Å². The average Bonchev–Trinajstić information content (AvgIpc) is 2.43. The van der Waals surface area contributed by atoms with Crippen molar-refractivity contribution in [2.45, 2.75) is 26.8 Å². The summed E-state index contributed by atoms with van der Waals surface area (Å²) in [4.78, 5) is 10.7. The molecule has 1 heterocycles. The number of carbonyl (C=O) groups is 1. The molecule has 0 saturated carbocycles. The number of ether oxygens (including phenoxy) is 1. The van der Waals surface area contributed by atoms with E-state index in [0.29, 0.717) is 0 Å². The van der Waals surface area contributed by atoms with Crippen LogP contribution >= 0.6 is 31.9 Å². The minimum atomic E-state index is -0.776. The van der Waals surface area contributed by atoms with Gasteiger partial charge in [0.15, 0.2) is 0 Å². The minimum absolute atomic E-state index is 0.101. The molecule has 0 aromatic carbocycles. The van der Waals surface area contributed by atoms with Crippen molar-refractivity contribution in [1.29, 1.82) is 0 Å². The normalized spacial score (nSPS) is 13.5. The number of primary amides is 1. The zero-order chi connectivity index (χ0) is 13.2. The van der Waals surface area contributed by atoms with E-state index < -0.39 is 6.09 Å². The number of nitrogens with zero attached hydrogens (tertiary/aromatic N) is 2. The highest BCUT2D eigenvalue weighted by Gasteiger charge is 2.29. The lowest BCUT2D eigenvalue weighted by atomic mass is 9.87. The van der Waals surface area contributed by atoms with Crippen LogP contribution in [0.4, 0.5) is 4.79 Å². The highest BCUT2D eigenvalue weighted by Crippen LogP contribution is 2.33. The molecule has 1 aromatic heterocycles. The van der Waals surface area contributed by atoms with E-state index >= 15 is 0 Å². The molecule has 1 atom stereocenters. The molecule has 1 unspecified atom stereocenters. The summed E-state index contributed by atoms with van der Waals surface area (Å²) in [6.07, 6.45) is -0.776. The fourth-order valence-corrected chi connectivity index (χ4v) is 2.65. The second kappa shape index (κ2) is 5.39. The zero-order valence-electron chi connectivity index (χ0n) is 9.91. The van der Waals surface area contributed by atoms with Crippen LogP contribution in [0.25, 0.3) is 0 Å². The van der Waals surface area contributed by atoms with Gasteiger partial charge >= 0.3 is 6.09 Å². The van der Waals surface area contributed by atoms with Crippen LogP contribution in [0.5, 0.6) is 0 Å². The molecule has 1 amide bonds. The summed E-state index contributed by atoms with van der Waals surface area (Å²) in [6, 6.07) is 1.74. The van der Waals surface area contributed by atoms with Crippen molar-refractivity contribution >= 4 is 38.0 Å². The summed E-state index contributed by atoms with van der Waals surface area (Å²) in [5.74, 6) is 0. The molecule has 96 valence electrons. The molecule has 1 aromatic rings. The average molecular weight is 369 g/mol. The van der Waals surface area contributed by atoms with Crippen molar-refractivity contribution in [3.63, 3.8) is 0 Å². The Morgan fingerprint density at radius 2 is 2.18 bits per heavy atom. The number of hydrogen-bond donors (Lipinski definition) is 1. The molecular formula is C10H15Br2N3O2. The second-order valence-corrected chi connectivity index (χ2v) is 6.37. The molecule has 0 bridgehead atoms. The third-order valence-corrected chi connectivity index (χ3v) is 3.32. The van der Waals surface area contributed by atoms with Gasteiger partial charge in [0.2, 0.25) is 0 Å². The van der Waals surface area contributed by atoms with Crippen LogP contribution in [0.15, 0.2) is 15.3 Å². The number of halogens is 2. The summed E-state index contributed by atoms with van der Waals surface area (Å²) in [5.41, 5.74) is 4.87. The fraction of sp³-hybridized carbons (Fsp3) is 0.600. The highest BCUT2D eigenvalue weighted by atomic mass is 79.9. The van der Waals surface area contributed by atoms with Crippen molar-refractivity contribution in [3.8, 4) is 0 Å². The molecule has 5 nitrogen and oxygen atoms in total. The van der Waals surface area contributed by atoms with Crippen LogP contribution in [-0.4, -0.2) is 22.5 Å². The number of aromatic nitrogens is 2. The van der Waals surface area contributed by atoms with Crippen molar-refractivity contribution in [3.05, 3.63) is 15.3 Å². The van der Waals surface area contributed by atoms with Gasteiger partial charge in [-0.3, -0.25) is 4.68 Å². The number of rotatable bonds is 3. The van der Waals surface area contributed by atoms with E-state index in [4.69, 9.17) is 10.5 Å². The van der Waals surface area contributed by atoms with E-state index in [2.05, 4.69) is 37.0 Å². The first-order valence-corrected chi connectivity index (χ1v) is 6.63. The molecule has 0 spiro atoms. The minimum Gasteiger partial charge on any atom is -0.447 e. The first-order valence-electron chi connectivity index (χ1n) is 5.04. The molecule has 0 radical (unpaired) electrons. The molecule has 0 aliphatic rings. The maximum atomic E-state index is 10.7. The van der Waals surface area contributed by atoms with Gasteiger partial charge < -0.3 is 10.5 Å². The van der Waals surface area contributed by atoms with Crippen LogP contribution in [0, 0.1) is 5.41 Å².